The first-order valence-electron chi connectivity index (χ1n) is 7.65. The van der Waals surface area contributed by atoms with Gasteiger partial charge in [0.2, 0.25) is 5.89 Å². The lowest BCUT2D eigenvalue weighted by atomic mass is 9.99. The minimum Gasteiger partial charge on any atom is -0.497 e. The van der Waals surface area contributed by atoms with Crippen molar-refractivity contribution in [2.24, 2.45) is 5.73 Å². The van der Waals surface area contributed by atoms with Crippen molar-refractivity contribution < 1.29 is 14.1 Å². The lowest BCUT2D eigenvalue weighted by Crippen LogP contribution is -2.34. The molecule has 1 aromatic heterocycles. The molecule has 1 aromatic carbocycles. The zero-order chi connectivity index (χ0) is 16.3. The number of amides is 1. The first-order chi connectivity index (χ1) is 11.1. The van der Waals surface area contributed by atoms with Crippen molar-refractivity contribution in [1.82, 2.24) is 15.5 Å². The maximum Gasteiger partial charge on any atom is 0.251 e. The van der Waals surface area contributed by atoms with Gasteiger partial charge in [0.15, 0.2) is 5.82 Å². The Bertz CT molecular complexity index is 675. The molecule has 0 spiro atoms. The Balaban J connectivity index is 1.59. The highest BCUT2D eigenvalue weighted by Gasteiger charge is 2.35. The van der Waals surface area contributed by atoms with Crippen LogP contribution in [0.4, 0.5) is 0 Å². The minimum absolute atomic E-state index is 0.175. The number of carbonyl (C=O) groups is 1. The topological polar surface area (TPSA) is 103 Å². The van der Waals surface area contributed by atoms with E-state index in [-0.39, 0.29) is 12.5 Å². The third-order valence-corrected chi connectivity index (χ3v) is 4.16. The molecule has 3 N–H and O–H groups in total. The Morgan fingerprint density at radius 3 is 2.70 bits per heavy atom. The van der Waals surface area contributed by atoms with Crippen molar-refractivity contribution in [3.05, 3.63) is 41.5 Å². The molecular weight excluding hydrogens is 296 g/mol. The summed E-state index contributed by atoms with van der Waals surface area (Å²) in [6.45, 7) is 0.175. The molecule has 23 heavy (non-hydrogen) atoms. The van der Waals surface area contributed by atoms with Crippen LogP contribution in [0.2, 0.25) is 0 Å². The van der Waals surface area contributed by atoms with Gasteiger partial charge in [0, 0.05) is 5.56 Å². The van der Waals surface area contributed by atoms with Crippen molar-refractivity contribution >= 4 is 5.91 Å². The van der Waals surface area contributed by atoms with E-state index in [1.54, 1.807) is 31.4 Å². The number of rotatable bonds is 5. The summed E-state index contributed by atoms with van der Waals surface area (Å²) in [5, 5.41) is 6.72. The Morgan fingerprint density at radius 2 is 2.04 bits per heavy atom. The maximum atomic E-state index is 12.1. The number of aromatic nitrogens is 2. The fourth-order valence-electron chi connectivity index (χ4n) is 2.76. The standard InChI is InChI=1S/C16H20N4O3/c1-22-12-6-4-11(5-7-12)14(21)18-10-13-19-15(20-23-13)16(17)8-2-3-9-16/h4-7H,2-3,8-10,17H2,1H3,(H,18,21). The summed E-state index contributed by atoms with van der Waals surface area (Å²) in [5.74, 6) is 1.38. The van der Waals surface area contributed by atoms with Gasteiger partial charge in [-0.1, -0.05) is 18.0 Å². The van der Waals surface area contributed by atoms with Crippen LogP contribution in [0.25, 0.3) is 0 Å². The normalized spacial score (nSPS) is 16.3. The van der Waals surface area contributed by atoms with E-state index in [2.05, 4.69) is 15.5 Å². The monoisotopic (exact) mass is 316 g/mol. The van der Waals surface area contributed by atoms with Crippen molar-refractivity contribution in [3.8, 4) is 5.75 Å². The molecule has 1 saturated carbocycles. The van der Waals surface area contributed by atoms with Crippen LogP contribution in [-0.4, -0.2) is 23.2 Å². The molecular formula is C16H20N4O3. The highest BCUT2D eigenvalue weighted by atomic mass is 16.5. The zero-order valence-electron chi connectivity index (χ0n) is 13.0. The van der Waals surface area contributed by atoms with E-state index in [1.165, 1.54) is 0 Å². The van der Waals surface area contributed by atoms with Gasteiger partial charge in [-0.15, -0.1) is 0 Å². The molecule has 0 radical (unpaired) electrons. The van der Waals surface area contributed by atoms with Crippen LogP contribution in [0.15, 0.2) is 28.8 Å². The second kappa shape index (κ2) is 6.37. The highest BCUT2D eigenvalue weighted by Crippen LogP contribution is 2.34. The molecule has 7 nitrogen and oxygen atoms in total. The average molecular weight is 316 g/mol. The molecule has 0 unspecified atom stereocenters. The average Bonchev–Trinajstić information content (AvgIpc) is 3.22. The Labute approximate surface area is 134 Å². The number of carbonyl (C=O) groups excluding carboxylic acids is 1. The van der Waals surface area contributed by atoms with E-state index in [0.717, 1.165) is 25.7 Å². The number of hydrogen-bond acceptors (Lipinski definition) is 6. The number of methoxy groups -OCH3 is 1. The zero-order valence-corrected chi connectivity index (χ0v) is 13.0. The minimum atomic E-state index is -0.484. The summed E-state index contributed by atoms with van der Waals surface area (Å²) in [4.78, 5) is 16.4. The third-order valence-electron chi connectivity index (χ3n) is 4.16. The molecule has 3 rings (SSSR count). The molecule has 0 bridgehead atoms. The molecule has 0 aliphatic heterocycles. The van der Waals surface area contributed by atoms with Crippen LogP contribution in [0.3, 0.4) is 0 Å². The summed E-state index contributed by atoms with van der Waals surface area (Å²) in [6, 6.07) is 6.86. The number of nitrogens with one attached hydrogen (secondary N) is 1. The number of nitrogens with zero attached hydrogens (tertiary/aromatic N) is 2. The van der Waals surface area contributed by atoms with Crippen molar-refractivity contribution in [2.75, 3.05) is 7.11 Å². The predicted molar refractivity (Wildman–Crippen MR) is 82.8 cm³/mol. The number of ether oxygens (including phenoxy) is 1. The Kier molecular flexibility index (Phi) is 4.29. The van der Waals surface area contributed by atoms with Crippen LogP contribution in [0.1, 0.15) is 47.8 Å². The summed E-state index contributed by atoms with van der Waals surface area (Å²) in [7, 11) is 1.58. The second-order valence-electron chi connectivity index (χ2n) is 5.79. The van der Waals surface area contributed by atoms with E-state index in [1.807, 2.05) is 0 Å². The molecule has 1 fully saturated rings. The van der Waals surface area contributed by atoms with E-state index >= 15 is 0 Å². The number of hydrogen-bond donors (Lipinski definition) is 2. The summed E-state index contributed by atoms with van der Waals surface area (Å²) >= 11 is 0. The van der Waals surface area contributed by atoms with Crippen LogP contribution < -0.4 is 15.8 Å². The number of nitrogens with two attached hydrogens (primary N) is 1. The van der Waals surface area contributed by atoms with Crippen molar-refractivity contribution in [3.63, 3.8) is 0 Å². The maximum absolute atomic E-state index is 12.1. The van der Waals surface area contributed by atoms with Crippen LogP contribution in [0, 0.1) is 0 Å². The van der Waals surface area contributed by atoms with E-state index in [4.69, 9.17) is 15.0 Å². The van der Waals surface area contributed by atoms with Crippen molar-refractivity contribution in [2.45, 2.75) is 37.8 Å². The number of benzene rings is 1. The lowest BCUT2D eigenvalue weighted by molar-refractivity contribution is 0.0946. The van der Waals surface area contributed by atoms with Gasteiger partial charge in [-0.3, -0.25) is 4.79 Å². The predicted octanol–water partition coefficient (Wildman–Crippen LogP) is 1.74. The van der Waals surface area contributed by atoms with Gasteiger partial charge in [-0.25, -0.2) is 0 Å². The van der Waals surface area contributed by atoms with E-state index in [0.29, 0.717) is 23.0 Å². The van der Waals surface area contributed by atoms with E-state index in [9.17, 15) is 4.79 Å². The SMILES string of the molecule is COc1ccc(C(=O)NCc2nc(C3(N)CCCC3)no2)cc1. The largest absolute Gasteiger partial charge is 0.497 e. The lowest BCUT2D eigenvalue weighted by Gasteiger charge is -2.17. The van der Waals surface area contributed by atoms with Gasteiger partial charge in [-0.2, -0.15) is 4.98 Å². The van der Waals surface area contributed by atoms with Gasteiger partial charge in [-0.05, 0) is 37.1 Å². The molecule has 1 aliphatic rings. The molecule has 1 heterocycles. The van der Waals surface area contributed by atoms with Gasteiger partial charge in [0.25, 0.3) is 5.91 Å². The smallest absolute Gasteiger partial charge is 0.251 e. The molecule has 2 aromatic rings. The summed E-state index contributed by atoms with van der Waals surface area (Å²) < 4.78 is 10.3. The first-order valence-corrected chi connectivity index (χ1v) is 7.65. The Morgan fingerprint density at radius 1 is 1.35 bits per heavy atom. The molecule has 0 atom stereocenters. The molecule has 0 saturated heterocycles. The third kappa shape index (κ3) is 3.34. The molecule has 7 heteroatoms. The first kappa shape index (κ1) is 15.5. The quantitative estimate of drug-likeness (QED) is 0.871. The fourth-order valence-corrected chi connectivity index (χ4v) is 2.76. The fraction of sp³-hybridized carbons (Fsp3) is 0.438. The highest BCUT2D eigenvalue weighted by molar-refractivity contribution is 5.94. The molecule has 1 amide bonds. The van der Waals surface area contributed by atoms with Crippen LogP contribution >= 0.6 is 0 Å². The molecule has 1 aliphatic carbocycles. The second-order valence-corrected chi connectivity index (χ2v) is 5.79. The van der Waals surface area contributed by atoms with E-state index < -0.39 is 5.54 Å². The van der Waals surface area contributed by atoms with Gasteiger partial charge in [0.05, 0.1) is 19.2 Å². The van der Waals surface area contributed by atoms with Crippen LogP contribution in [-0.2, 0) is 12.1 Å². The van der Waals surface area contributed by atoms with Crippen LogP contribution in [0.5, 0.6) is 5.75 Å². The summed E-state index contributed by atoms with van der Waals surface area (Å²) in [5.41, 5.74) is 6.34. The Hall–Kier alpha value is -2.41. The van der Waals surface area contributed by atoms with Gasteiger partial charge < -0.3 is 20.3 Å². The summed E-state index contributed by atoms with van der Waals surface area (Å²) in [6.07, 6.45) is 3.89. The van der Waals surface area contributed by atoms with Crippen molar-refractivity contribution in [1.29, 1.82) is 0 Å². The van der Waals surface area contributed by atoms with Gasteiger partial charge >= 0.3 is 0 Å². The molecule has 122 valence electrons. The van der Waals surface area contributed by atoms with Gasteiger partial charge in [0.1, 0.15) is 5.75 Å².